The Morgan fingerprint density at radius 1 is 0.909 bits per heavy atom. The van der Waals surface area contributed by atoms with Crippen LogP contribution in [0.3, 0.4) is 0 Å². The summed E-state index contributed by atoms with van der Waals surface area (Å²) in [5.41, 5.74) is 16.4. The topological polar surface area (TPSA) is 124 Å². The number of carbonyl (C=O) groups excluding carboxylic acids is 2. The smallest absolute Gasteiger partial charge is 0.247 e. The minimum absolute atomic E-state index is 0.150. The van der Waals surface area contributed by atoms with Crippen molar-refractivity contribution >= 4 is 29.1 Å². The number of benzene rings is 4. The fourth-order valence-corrected chi connectivity index (χ4v) is 5.27. The maximum Gasteiger partial charge on any atom is 0.247 e. The molecule has 0 aliphatic heterocycles. The molecular weight excluding hydrogens is 557 g/mol. The largest absolute Gasteiger partial charge is 0.488 e. The second kappa shape index (κ2) is 11.6. The van der Waals surface area contributed by atoms with Gasteiger partial charge >= 0.3 is 0 Å². The highest BCUT2D eigenvalue weighted by molar-refractivity contribution is 6.16. The zero-order chi connectivity index (χ0) is 30.8. The molecule has 4 aromatic carbocycles. The maximum atomic E-state index is 13.8. The third-order valence-corrected chi connectivity index (χ3v) is 7.87. The number of carbonyl (C=O) groups is 2. The number of anilines is 3. The molecule has 0 unspecified atom stereocenters. The number of primary amides is 1. The van der Waals surface area contributed by atoms with E-state index in [1.165, 1.54) is 29.2 Å². The van der Waals surface area contributed by atoms with Crippen molar-refractivity contribution in [2.24, 2.45) is 11.1 Å². The molecule has 1 saturated carbocycles. The van der Waals surface area contributed by atoms with Crippen molar-refractivity contribution in [2.45, 2.75) is 26.4 Å². The van der Waals surface area contributed by atoms with Crippen molar-refractivity contribution in [3.63, 3.8) is 0 Å². The standard InChI is InChI=1S/C35H30FN5O3/c1-22-19-27(41(26-10-8-25(36)9-11-26)33(43)35(16-17-35)32(37)42)12-13-28(22)24-7-14-31(44-21-23-5-3-2-4-6-23)29(20-24)30-15-18-39-34(38)40-30/h2-15,18-20H,16-17,21H2,1H3,(H2,37,42)(H2,38,39,40). The van der Waals surface area contributed by atoms with Gasteiger partial charge in [-0.05, 0) is 96.6 Å². The van der Waals surface area contributed by atoms with E-state index in [2.05, 4.69) is 9.97 Å². The van der Waals surface area contributed by atoms with E-state index in [1.54, 1.807) is 12.3 Å². The summed E-state index contributed by atoms with van der Waals surface area (Å²) in [6, 6.07) is 28.7. The van der Waals surface area contributed by atoms with E-state index >= 15 is 0 Å². The molecule has 1 heterocycles. The third kappa shape index (κ3) is 5.59. The average Bonchev–Trinajstić information content (AvgIpc) is 3.84. The summed E-state index contributed by atoms with van der Waals surface area (Å²) in [5, 5.41) is 0. The first kappa shape index (κ1) is 28.5. The lowest BCUT2D eigenvalue weighted by molar-refractivity contribution is -0.133. The summed E-state index contributed by atoms with van der Waals surface area (Å²) in [7, 11) is 0. The maximum absolute atomic E-state index is 13.8. The highest BCUT2D eigenvalue weighted by Gasteiger charge is 2.57. The van der Waals surface area contributed by atoms with Crippen LogP contribution >= 0.6 is 0 Å². The van der Waals surface area contributed by atoms with Crippen molar-refractivity contribution in [3.05, 3.63) is 120 Å². The molecule has 220 valence electrons. The van der Waals surface area contributed by atoms with Gasteiger partial charge in [0.25, 0.3) is 0 Å². The van der Waals surface area contributed by atoms with E-state index in [1.807, 2.05) is 73.7 Å². The van der Waals surface area contributed by atoms with E-state index in [-0.39, 0.29) is 5.95 Å². The number of nitrogens with two attached hydrogens (primary N) is 2. The number of hydrogen-bond acceptors (Lipinski definition) is 6. The van der Waals surface area contributed by atoms with Crippen LogP contribution in [0.1, 0.15) is 24.0 Å². The van der Waals surface area contributed by atoms with Gasteiger partial charge in [-0.2, -0.15) is 0 Å². The van der Waals surface area contributed by atoms with Crippen molar-refractivity contribution in [1.29, 1.82) is 0 Å². The van der Waals surface area contributed by atoms with E-state index in [0.29, 0.717) is 42.3 Å². The highest BCUT2D eigenvalue weighted by atomic mass is 19.1. The van der Waals surface area contributed by atoms with E-state index in [9.17, 15) is 14.0 Å². The van der Waals surface area contributed by atoms with Crippen LogP contribution in [-0.2, 0) is 16.2 Å². The van der Waals surface area contributed by atoms with Crippen molar-refractivity contribution < 1.29 is 18.7 Å². The Morgan fingerprint density at radius 3 is 2.30 bits per heavy atom. The summed E-state index contributed by atoms with van der Waals surface area (Å²) in [4.78, 5) is 35.9. The Bertz CT molecular complexity index is 1860. The normalized spacial score (nSPS) is 13.2. The van der Waals surface area contributed by atoms with E-state index in [0.717, 1.165) is 27.8 Å². The predicted molar refractivity (Wildman–Crippen MR) is 167 cm³/mol. The molecular formula is C35H30FN5O3. The second-order valence-electron chi connectivity index (χ2n) is 10.8. The van der Waals surface area contributed by atoms with Gasteiger partial charge in [0, 0.05) is 23.1 Å². The van der Waals surface area contributed by atoms with Gasteiger partial charge in [-0.1, -0.05) is 42.5 Å². The number of aryl methyl sites for hydroxylation is 1. The number of halogens is 1. The molecule has 1 aliphatic carbocycles. The van der Waals surface area contributed by atoms with E-state index in [4.69, 9.17) is 16.2 Å². The molecule has 0 bridgehead atoms. The third-order valence-electron chi connectivity index (χ3n) is 7.87. The molecule has 1 fully saturated rings. The SMILES string of the molecule is Cc1cc(N(C(=O)C2(C(N)=O)CC2)c2ccc(F)cc2)ccc1-c1ccc(OCc2ccccc2)c(-c2ccnc(N)n2)c1. The van der Waals surface area contributed by atoms with Crippen LogP contribution in [0.15, 0.2) is 103 Å². The fourth-order valence-electron chi connectivity index (χ4n) is 5.27. The molecule has 1 aromatic heterocycles. The molecule has 1 aliphatic rings. The Kier molecular flexibility index (Phi) is 7.53. The van der Waals surface area contributed by atoms with Crippen molar-refractivity contribution in [1.82, 2.24) is 9.97 Å². The Hall–Kier alpha value is -5.57. The number of amides is 2. The second-order valence-corrected chi connectivity index (χ2v) is 10.8. The molecule has 9 heteroatoms. The lowest BCUT2D eigenvalue weighted by Crippen LogP contribution is -2.41. The van der Waals surface area contributed by atoms with Crippen LogP contribution in [0.5, 0.6) is 5.75 Å². The van der Waals surface area contributed by atoms with Crippen molar-refractivity contribution in [3.8, 4) is 28.1 Å². The summed E-state index contributed by atoms with van der Waals surface area (Å²) < 4.78 is 20.0. The van der Waals surface area contributed by atoms with Crippen LogP contribution in [0.2, 0.25) is 0 Å². The summed E-state index contributed by atoms with van der Waals surface area (Å²) in [6.07, 6.45) is 2.36. The lowest BCUT2D eigenvalue weighted by Gasteiger charge is -2.27. The summed E-state index contributed by atoms with van der Waals surface area (Å²) in [6.45, 7) is 2.32. The molecule has 44 heavy (non-hydrogen) atoms. The van der Waals surface area contributed by atoms with Gasteiger partial charge in [-0.25, -0.2) is 14.4 Å². The van der Waals surface area contributed by atoms with Crippen LogP contribution in [0.25, 0.3) is 22.4 Å². The quantitative estimate of drug-likeness (QED) is 0.194. The molecule has 4 N–H and O–H groups in total. The number of nitrogens with zero attached hydrogens (tertiary/aromatic N) is 3. The molecule has 2 amide bonds. The first-order chi connectivity index (χ1) is 21.2. The molecule has 0 atom stereocenters. The highest BCUT2D eigenvalue weighted by Crippen LogP contribution is 2.49. The minimum Gasteiger partial charge on any atom is -0.488 e. The molecule has 8 nitrogen and oxygen atoms in total. The van der Waals surface area contributed by atoms with Gasteiger partial charge in [0.15, 0.2) is 0 Å². The molecule has 5 aromatic rings. The number of nitrogen functional groups attached to an aromatic ring is 1. The molecule has 6 rings (SSSR count). The van der Waals surface area contributed by atoms with Crippen LogP contribution < -0.4 is 21.1 Å². The number of aromatic nitrogens is 2. The lowest BCUT2D eigenvalue weighted by atomic mass is 9.96. The van der Waals surface area contributed by atoms with Crippen molar-refractivity contribution in [2.75, 3.05) is 10.6 Å². The number of ether oxygens (including phenoxy) is 1. The minimum atomic E-state index is -1.26. The molecule has 0 radical (unpaired) electrons. The van der Waals surface area contributed by atoms with Gasteiger partial charge in [-0.3, -0.25) is 14.5 Å². The summed E-state index contributed by atoms with van der Waals surface area (Å²) in [5.74, 6) is -0.722. The number of hydrogen-bond donors (Lipinski definition) is 2. The van der Waals surface area contributed by atoms with Gasteiger partial charge in [0.05, 0.1) is 5.69 Å². The summed E-state index contributed by atoms with van der Waals surface area (Å²) >= 11 is 0. The van der Waals surface area contributed by atoms with Crippen LogP contribution in [0, 0.1) is 18.2 Å². The van der Waals surface area contributed by atoms with E-state index < -0.39 is 23.0 Å². The molecule has 0 spiro atoms. The van der Waals surface area contributed by atoms with Gasteiger partial charge < -0.3 is 16.2 Å². The predicted octanol–water partition coefficient (Wildman–Crippen LogP) is 6.35. The van der Waals surface area contributed by atoms with Crippen LogP contribution in [0.4, 0.5) is 21.7 Å². The molecule has 0 saturated heterocycles. The zero-order valence-electron chi connectivity index (χ0n) is 24.0. The Balaban J connectivity index is 1.38. The van der Waals surface area contributed by atoms with Gasteiger partial charge in [0.2, 0.25) is 17.8 Å². The number of rotatable bonds is 9. The monoisotopic (exact) mass is 587 g/mol. The Labute approximate surface area is 254 Å². The van der Waals surface area contributed by atoms with Crippen LogP contribution in [-0.4, -0.2) is 21.8 Å². The van der Waals surface area contributed by atoms with Gasteiger partial charge in [-0.15, -0.1) is 0 Å². The first-order valence-corrected chi connectivity index (χ1v) is 14.2. The Morgan fingerprint density at radius 2 is 1.64 bits per heavy atom. The first-order valence-electron chi connectivity index (χ1n) is 14.2. The average molecular weight is 588 g/mol. The van der Waals surface area contributed by atoms with Gasteiger partial charge in [0.1, 0.15) is 23.6 Å². The fraction of sp³-hybridized carbons (Fsp3) is 0.143. The zero-order valence-corrected chi connectivity index (χ0v) is 24.0.